The number of rotatable bonds is 2. The number of aromatic nitrogens is 3. The molecule has 3 rings (SSSR count). The summed E-state index contributed by atoms with van der Waals surface area (Å²) >= 11 is 0. The Morgan fingerprint density at radius 3 is 2.95 bits per heavy atom. The van der Waals surface area contributed by atoms with Gasteiger partial charge in [-0.25, -0.2) is 14.4 Å². The molecule has 2 aromatic heterocycles. The van der Waals surface area contributed by atoms with Crippen LogP contribution in [0.15, 0.2) is 18.6 Å². The Morgan fingerprint density at radius 1 is 1.55 bits per heavy atom. The molecule has 1 fully saturated rings. The van der Waals surface area contributed by atoms with Crippen molar-refractivity contribution in [2.24, 2.45) is 0 Å². The number of halogens is 1. The molecule has 2 aromatic rings. The number of hydrogen-bond donors (Lipinski definition) is 2. The van der Waals surface area contributed by atoms with E-state index in [-0.39, 0.29) is 0 Å². The van der Waals surface area contributed by atoms with E-state index in [1.807, 2.05) is 6.92 Å². The van der Waals surface area contributed by atoms with Gasteiger partial charge in [-0.2, -0.15) is 0 Å². The Labute approximate surface area is 115 Å². The normalized spacial score (nSPS) is 33.9. The van der Waals surface area contributed by atoms with Crippen LogP contribution < -0.4 is 5.73 Å². The Balaban J connectivity index is 2.10. The largest absolute Gasteiger partial charge is 0.387 e. The van der Waals surface area contributed by atoms with E-state index in [4.69, 9.17) is 10.5 Å². The summed E-state index contributed by atoms with van der Waals surface area (Å²) in [5.74, 6) is 0.333. The highest BCUT2D eigenvalue weighted by Gasteiger charge is 2.54. The van der Waals surface area contributed by atoms with Gasteiger partial charge in [0.05, 0.1) is 11.5 Å². The van der Waals surface area contributed by atoms with E-state index < -0.39 is 24.1 Å². The summed E-state index contributed by atoms with van der Waals surface area (Å²) in [6.07, 6.45) is 0.873. The fourth-order valence-electron chi connectivity index (χ4n) is 2.72. The van der Waals surface area contributed by atoms with Gasteiger partial charge in [-0.1, -0.05) is 6.92 Å². The number of alkyl halides is 1. The van der Waals surface area contributed by atoms with Gasteiger partial charge < -0.3 is 20.1 Å². The maximum atomic E-state index is 14.8. The van der Waals surface area contributed by atoms with Gasteiger partial charge >= 0.3 is 0 Å². The molecule has 108 valence electrons. The lowest BCUT2D eigenvalue weighted by atomic mass is 9.97. The zero-order chi connectivity index (χ0) is 14.5. The molecule has 0 saturated carbocycles. The first-order valence-electron chi connectivity index (χ1n) is 6.56. The molecule has 4 atom stereocenters. The first-order valence-corrected chi connectivity index (χ1v) is 6.56. The first-order chi connectivity index (χ1) is 9.46. The average molecular weight is 280 g/mol. The average Bonchev–Trinajstić information content (AvgIpc) is 2.92. The molecule has 1 aliphatic rings. The highest BCUT2D eigenvalue weighted by molar-refractivity contribution is 5.86. The molecule has 4 unspecified atom stereocenters. The van der Waals surface area contributed by atoms with Crippen LogP contribution in [0.2, 0.25) is 0 Å². The molecule has 7 heteroatoms. The van der Waals surface area contributed by atoms with Crippen LogP contribution in [-0.4, -0.2) is 37.5 Å². The third-order valence-electron chi connectivity index (χ3n) is 3.91. The summed E-state index contributed by atoms with van der Waals surface area (Å²) in [5.41, 5.74) is 4.37. The minimum Gasteiger partial charge on any atom is -0.387 e. The lowest BCUT2D eigenvalue weighted by Gasteiger charge is -2.25. The number of hydrogen-bond acceptors (Lipinski definition) is 5. The van der Waals surface area contributed by atoms with Gasteiger partial charge in [-0.05, 0) is 19.4 Å². The van der Waals surface area contributed by atoms with Crippen molar-refractivity contribution >= 4 is 16.9 Å². The van der Waals surface area contributed by atoms with E-state index in [2.05, 4.69) is 9.97 Å². The van der Waals surface area contributed by atoms with Crippen LogP contribution in [0.5, 0.6) is 0 Å². The van der Waals surface area contributed by atoms with Gasteiger partial charge in [-0.15, -0.1) is 0 Å². The van der Waals surface area contributed by atoms with Crippen LogP contribution in [-0.2, 0) is 4.74 Å². The molecule has 20 heavy (non-hydrogen) atoms. The third-order valence-corrected chi connectivity index (χ3v) is 3.91. The fraction of sp³-hybridized carbons (Fsp3) is 0.538. The fourth-order valence-corrected chi connectivity index (χ4v) is 2.72. The van der Waals surface area contributed by atoms with Crippen molar-refractivity contribution in [2.45, 2.75) is 44.4 Å². The summed E-state index contributed by atoms with van der Waals surface area (Å²) < 4.78 is 22.1. The predicted octanol–water partition coefficient (Wildman–Crippen LogP) is 1.41. The SMILES string of the molecule is CCC1OC(n2ccc3c(N)ncnc32)C(C)(F)C1O. The van der Waals surface area contributed by atoms with Gasteiger partial charge in [0.15, 0.2) is 11.9 Å². The molecule has 1 aliphatic heterocycles. The quantitative estimate of drug-likeness (QED) is 0.868. The van der Waals surface area contributed by atoms with Gasteiger partial charge in [0.1, 0.15) is 23.9 Å². The number of fused-ring (bicyclic) bond motifs is 1. The Morgan fingerprint density at radius 2 is 2.30 bits per heavy atom. The predicted molar refractivity (Wildman–Crippen MR) is 71.7 cm³/mol. The lowest BCUT2D eigenvalue weighted by molar-refractivity contribution is -0.0455. The molecule has 6 nitrogen and oxygen atoms in total. The van der Waals surface area contributed by atoms with Crippen molar-refractivity contribution < 1.29 is 14.2 Å². The summed E-state index contributed by atoms with van der Waals surface area (Å²) in [6, 6.07) is 1.72. The van der Waals surface area contributed by atoms with Crippen molar-refractivity contribution in [1.29, 1.82) is 0 Å². The van der Waals surface area contributed by atoms with Crippen LogP contribution in [0.25, 0.3) is 11.0 Å². The van der Waals surface area contributed by atoms with Crippen molar-refractivity contribution in [1.82, 2.24) is 14.5 Å². The zero-order valence-electron chi connectivity index (χ0n) is 11.3. The Hall–Kier alpha value is -1.73. The standard InChI is InChI=1S/C13H17FN4O2/c1-3-8-9(19)13(2,14)12(20-8)18-5-4-7-10(15)16-6-17-11(7)18/h4-6,8-9,12,19H,3H2,1-2H3,(H2,15,16,17). The molecule has 0 radical (unpaired) electrons. The van der Waals surface area contributed by atoms with Crippen molar-refractivity contribution in [3.63, 3.8) is 0 Å². The first kappa shape index (κ1) is 13.3. The molecule has 0 aromatic carbocycles. The van der Waals surface area contributed by atoms with E-state index in [0.29, 0.717) is 23.3 Å². The highest BCUT2D eigenvalue weighted by Crippen LogP contribution is 2.43. The molecular weight excluding hydrogens is 263 g/mol. The number of nitrogens with zero attached hydrogens (tertiary/aromatic N) is 3. The van der Waals surface area contributed by atoms with Crippen LogP contribution >= 0.6 is 0 Å². The summed E-state index contributed by atoms with van der Waals surface area (Å²) in [4.78, 5) is 8.03. The van der Waals surface area contributed by atoms with Crippen molar-refractivity contribution in [2.75, 3.05) is 5.73 Å². The maximum absolute atomic E-state index is 14.8. The molecule has 3 N–H and O–H groups in total. The topological polar surface area (TPSA) is 86.2 Å². The number of nitrogens with two attached hydrogens (primary N) is 1. The van der Waals surface area contributed by atoms with Crippen molar-refractivity contribution in [3.8, 4) is 0 Å². The third kappa shape index (κ3) is 1.70. The summed E-state index contributed by atoms with van der Waals surface area (Å²) in [6.45, 7) is 3.19. The second-order valence-electron chi connectivity index (χ2n) is 5.25. The van der Waals surface area contributed by atoms with Crippen LogP contribution in [0.3, 0.4) is 0 Å². The number of aliphatic hydroxyl groups excluding tert-OH is 1. The van der Waals surface area contributed by atoms with Crippen LogP contribution in [0.1, 0.15) is 26.5 Å². The monoisotopic (exact) mass is 280 g/mol. The lowest BCUT2D eigenvalue weighted by Crippen LogP contribution is -2.39. The minimum atomic E-state index is -1.90. The van der Waals surface area contributed by atoms with E-state index in [0.717, 1.165) is 0 Å². The Bertz CT molecular complexity index is 642. The number of nitrogen functional groups attached to an aromatic ring is 1. The van der Waals surface area contributed by atoms with E-state index in [9.17, 15) is 9.50 Å². The molecule has 3 heterocycles. The van der Waals surface area contributed by atoms with E-state index >= 15 is 0 Å². The van der Waals surface area contributed by atoms with Crippen LogP contribution in [0, 0.1) is 0 Å². The van der Waals surface area contributed by atoms with Gasteiger partial charge in [0.25, 0.3) is 0 Å². The number of ether oxygens (including phenoxy) is 1. The van der Waals surface area contributed by atoms with Crippen molar-refractivity contribution in [3.05, 3.63) is 18.6 Å². The molecule has 0 aliphatic carbocycles. The molecule has 0 spiro atoms. The molecular formula is C13H17FN4O2. The Kier molecular flexibility index (Phi) is 2.91. The molecule has 0 amide bonds. The van der Waals surface area contributed by atoms with E-state index in [1.54, 1.807) is 16.8 Å². The number of anilines is 1. The second-order valence-corrected chi connectivity index (χ2v) is 5.25. The van der Waals surface area contributed by atoms with Crippen LogP contribution in [0.4, 0.5) is 10.2 Å². The maximum Gasteiger partial charge on any atom is 0.181 e. The highest BCUT2D eigenvalue weighted by atomic mass is 19.1. The van der Waals surface area contributed by atoms with Gasteiger partial charge in [0, 0.05) is 6.20 Å². The second kappa shape index (κ2) is 4.39. The zero-order valence-corrected chi connectivity index (χ0v) is 11.3. The van der Waals surface area contributed by atoms with Gasteiger partial charge in [0.2, 0.25) is 0 Å². The molecule has 0 bridgehead atoms. The number of aliphatic hydroxyl groups is 1. The molecule has 1 saturated heterocycles. The smallest absolute Gasteiger partial charge is 0.181 e. The minimum absolute atomic E-state index is 0.333. The van der Waals surface area contributed by atoms with Gasteiger partial charge in [-0.3, -0.25) is 0 Å². The summed E-state index contributed by atoms with van der Waals surface area (Å²) in [5, 5.41) is 10.7. The van der Waals surface area contributed by atoms with E-state index in [1.165, 1.54) is 13.3 Å². The summed E-state index contributed by atoms with van der Waals surface area (Å²) in [7, 11) is 0.